The lowest BCUT2D eigenvalue weighted by Crippen LogP contribution is -2.50. The number of aromatic nitrogens is 2. The molecule has 0 unspecified atom stereocenters. The molecule has 0 spiro atoms. The highest BCUT2D eigenvalue weighted by atomic mass is 19.3. The van der Waals surface area contributed by atoms with Crippen LogP contribution in [0.3, 0.4) is 0 Å². The summed E-state index contributed by atoms with van der Waals surface area (Å²) in [7, 11) is 1.61. The van der Waals surface area contributed by atoms with Crippen LogP contribution < -0.4 is 16.4 Å². The molecular weight excluding hydrogens is 578 g/mol. The fourth-order valence-corrected chi connectivity index (χ4v) is 6.42. The van der Waals surface area contributed by atoms with Gasteiger partial charge in [-0.2, -0.15) is 5.10 Å². The molecule has 1 aromatic heterocycles. The first-order valence-electron chi connectivity index (χ1n) is 15.7. The number of piperidine rings is 1. The molecule has 11 heteroatoms. The van der Waals surface area contributed by atoms with E-state index < -0.39 is 35.7 Å². The number of ketones is 1. The fraction of sp³-hybridized carbons (Fsp3) is 0.471. The van der Waals surface area contributed by atoms with Crippen molar-refractivity contribution in [2.75, 3.05) is 18.4 Å². The number of nitrogens with two attached hydrogens (primary N) is 1. The number of aryl methyl sites for hydroxylation is 1. The van der Waals surface area contributed by atoms with Gasteiger partial charge in [0.2, 0.25) is 11.8 Å². The number of carbonyl (C=O) groups excluding carboxylic acids is 3. The van der Waals surface area contributed by atoms with E-state index in [0.29, 0.717) is 12.1 Å². The van der Waals surface area contributed by atoms with Crippen molar-refractivity contribution in [2.45, 2.75) is 69.5 Å². The van der Waals surface area contributed by atoms with Crippen LogP contribution in [0.5, 0.6) is 0 Å². The van der Waals surface area contributed by atoms with Gasteiger partial charge in [-0.25, -0.2) is 8.78 Å². The monoisotopic (exact) mass is 620 g/mol. The predicted molar refractivity (Wildman–Crippen MR) is 168 cm³/mol. The topological polar surface area (TPSA) is 122 Å². The summed E-state index contributed by atoms with van der Waals surface area (Å²) in [6.45, 7) is 2.60. The molecule has 9 nitrogen and oxygen atoms in total. The molecule has 1 aliphatic heterocycles. The molecule has 2 aliphatic rings. The molecule has 2 heterocycles. The third-order valence-electron chi connectivity index (χ3n) is 9.14. The molecule has 1 saturated carbocycles. The Balaban J connectivity index is 1.14. The van der Waals surface area contributed by atoms with Crippen molar-refractivity contribution in [1.29, 1.82) is 0 Å². The van der Waals surface area contributed by atoms with Crippen LogP contribution in [-0.2, 0) is 29.6 Å². The molecule has 0 bridgehead atoms. The molecule has 3 aromatic rings. The second-order valence-electron chi connectivity index (χ2n) is 12.4. The molecular formula is C34H42F2N6O3. The molecule has 1 saturated heterocycles. The maximum absolute atomic E-state index is 13.9. The highest BCUT2D eigenvalue weighted by Gasteiger charge is 2.40. The van der Waals surface area contributed by atoms with Crippen molar-refractivity contribution in [2.24, 2.45) is 24.6 Å². The SMILES string of the molecule is Cn1nccc1C(=O)N[C@H](C(=O)Nc1ccc(C[C@@H](N)C(=O)C2CCN(Cc3ccccc3)CC2)cc1)C1CCC(F)(F)CC1. The summed E-state index contributed by atoms with van der Waals surface area (Å²) in [5.74, 6) is -4.14. The van der Waals surface area contributed by atoms with Crippen molar-refractivity contribution >= 4 is 23.3 Å². The van der Waals surface area contributed by atoms with Gasteiger partial charge in [0.05, 0.1) is 6.04 Å². The summed E-state index contributed by atoms with van der Waals surface area (Å²) in [6.07, 6.45) is 3.02. The molecule has 2 aromatic carbocycles. The summed E-state index contributed by atoms with van der Waals surface area (Å²) in [5.41, 5.74) is 9.26. The van der Waals surface area contributed by atoms with E-state index in [9.17, 15) is 23.2 Å². The van der Waals surface area contributed by atoms with E-state index in [1.807, 2.05) is 30.3 Å². The van der Waals surface area contributed by atoms with E-state index in [-0.39, 0.29) is 43.1 Å². The van der Waals surface area contributed by atoms with E-state index in [2.05, 4.69) is 32.8 Å². The number of likely N-dealkylation sites (tertiary alicyclic amines) is 1. The van der Waals surface area contributed by atoms with E-state index >= 15 is 0 Å². The Morgan fingerprint density at radius 1 is 0.956 bits per heavy atom. The number of rotatable bonds is 11. The highest BCUT2D eigenvalue weighted by molar-refractivity contribution is 6.00. The maximum atomic E-state index is 13.9. The van der Waals surface area contributed by atoms with Gasteiger partial charge in [0.25, 0.3) is 5.91 Å². The molecule has 2 amide bonds. The van der Waals surface area contributed by atoms with E-state index in [1.165, 1.54) is 22.5 Å². The van der Waals surface area contributed by atoms with Gasteiger partial charge in [0.15, 0.2) is 5.78 Å². The number of Topliss-reactive ketones (excluding diaryl/α,β-unsaturated/α-hetero) is 1. The van der Waals surface area contributed by atoms with Crippen LogP contribution in [-0.4, -0.2) is 63.4 Å². The number of halogens is 2. The number of anilines is 1. The van der Waals surface area contributed by atoms with Gasteiger partial charge in [-0.15, -0.1) is 0 Å². The Morgan fingerprint density at radius 3 is 2.24 bits per heavy atom. The van der Waals surface area contributed by atoms with Gasteiger partial charge in [0, 0.05) is 44.2 Å². The van der Waals surface area contributed by atoms with E-state index in [4.69, 9.17) is 5.73 Å². The molecule has 2 atom stereocenters. The second-order valence-corrected chi connectivity index (χ2v) is 12.4. The van der Waals surface area contributed by atoms with Gasteiger partial charge in [-0.3, -0.25) is 24.0 Å². The summed E-state index contributed by atoms with van der Waals surface area (Å²) in [5, 5.41) is 9.59. The first kappa shape index (κ1) is 32.4. The number of nitrogens with zero attached hydrogens (tertiary/aromatic N) is 3. The lowest BCUT2D eigenvalue weighted by Gasteiger charge is -2.33. The van der Waals surface area contributed by atoms with Crippen LogP contribution in [0, 0.1) is 11.8 Å². The van der Waals surface area contributed by atoms with Gasteiger partial charge in [-0.1, -0.05) is 42.5 Å². The van der Waals surface area contributed by atoms with Crippen LogP contribution in [0.1, 0.15) is 60.1 Å². The number of amides is 2. The minimum atomic E-state index is -2.76. The Labute approximate surface area is 262 Å². The molecule has 45 heavy (non-hydrogen) atoms. The molecule has 0 radical (unpaired) electrons. The number of carbonyl (C=O) groups is 3. The largest absolute Gasteiger partial charge is 0.339 e. The summed E-state index contributed by atoms with van der Waals surface area (Å²) in [4.78, 5) is 41.9. The minimum Gasteiger partial charge on any atom is -0.339 e. The highest BCUT2D eigenvalue weighted by Crippen LogP contribution is 2.38. The summed E-state index contributed by atoms with van der Waals surface area (Å²) in [6, 6.07) is 17.3. The number of benzene rings is 2. The first-order chi connectivity index (χ1) is 21.6. The number of hydrogen-bond acceptors (Lipinski definition) is 6. The molecule has 1 aliphatic carbocycles. The molecule has 2 fully saturated rings. The zero-order chi connectivity index (χ0) is 32.0. The zero-order valence-corrected chi connectivity index (χ0v) is 25.6. The lowest BCUT2D eigenvalue weighted by atomic mass is 9.81. The number of hydrogen-bond donors (Lipinski definition) is 3. The third-order valence-corrected chi connectivity index (χ3v) is 9.14. The summed E-state index contributed by atoms with van der Waals surface area (Å²) >= 11 is 0. The van der Waals surface area contributed by atoms with Crippen LogP contribution in [0.15, 0.2) is 66.9 Å². The fourth-order valence-electron chi connectivity index (χ4n) is 6.42. The van der Waals surface area contributed by atoms with E-state index in [1.54, 1.807) is 19.2 Å². The smallest absolute Gasteiger partial charge is 0.270 e. The van der Waals surface area contributed by atoms with E-state index in [0.717, 1.165) is 38.0 Å². The third kappa shape index (κ3) is 8.61. The second kappa shape index (κ2) is 14.4. The van der Waals surface area contributed by atoms with Crippen LogP contribution in [0.25, 0.3) is 0 Å². The van der Waals surface area contributed by atoms with Crippen molar-refractivity contribution in [1.82, 2.24) is 20.0 Å². The minimum absolute atomic E-state index is 0.0520. The van der Waals surface area contributed by atoms with Crippen molar-refractivity contribution in [3.63, 3.8) is 0 Å². The average Bonchev–Trinajstić information content (AvgIpc) is 3.47. The lowest BCUT2D eigenvalue weighted by molar-refractivity contribution is -0.125. The predicted octanol–water partition coefficient (Wildman–Crippen LogP) is 4.33. The van der Waals surface area contributed by atoms with Crippen LogP contribution in [0.4, 0.5) is 14.5 Å². The van der Waals surface area contributed by atoms with Gasteiger partial charge < -0.3 is 16.4 Å². The van der Waals surface area contributed by atoms with Crippen LogP contribution in [0.2, 0.25) is 0 Å². The Hall–Kier alpha value is -3.96. The Kier molecular flexibility index (Phi) is 10.4. The quantitative estimate of drug-likeness (QED) is 0.293. The molecule has 5 rings (SSSR count). The van der Waals surface area contributed by atoms with Gasteiger partial charge >= 0.3 is 0 Å². The Bertz CT molecular complexity index is 1440. The maximum Gasteiger partial charge on any atom is 0.270 e. The van der Waals surface area contributed by atoms with Crippen molar-refractivity contribution in [3.05, 3.63) is 83.7 Å². The number of alkyl halides is 2. The molecule has 4 N–H and O–H groups in total. The Morgan fingerprint density at radius 2 is 1.62 bits per heavy atom. The van der Waals surface area contributed by atoms with Crippen LogP contribution >= 0.6 is 0 Å². The standard InChI is InChI=1S/C34H42F2N6O3/c1-41-29(13-18-38-41)32(44)40-30(25-11-16-34(35,36)17-12-25)33(45)39-27-9-7-23(8-10-27)21-28(37)31(43)26-14-19-42(20-15-26)22-24-5-3-2-4-6-24/h2-10,13,18,25-26,28,30H,11-12,14-17,19-22,37H2,1H3,(H,39,45)(H,40,44)/t28-,30+/m1/s1. The van der Waals surface area contributed by atoms with Crippen molar-refractivity contribution in [3.8, 4) is 0 Å². The first-order valence-corrected chi connectivity index (χ1v) is 15.7. The number of nitrogens with one attached hydrogen (secondary N) is 2. The van der Waals surface area contributed by atoms with Crippen molar-refractivity contribution < 1.29 is 23.2 Å². The molecule has 240 valence electrons. The zero-order valence-electron chi connectivity index (χ0n) is 25.6. The summed E-state index contributed by atoms with van der Waals surface area (Å²) < 4.78 is 29.1. The average molecular weight is 621 g/mol. The van der Waals surface area contributed by atoms with Gasteiger partial charge in [0.1, 0.15) is 11.7 Å². The normalized spacial score (nSPS) is 19.0. The van der Waals surface area contributed by atoms with Gasteiger partial charge in [-0.05, 0) is 80.4 Å².